The van der Waals surface area contributed by atoms with Gasteiger partial charge < -0.3 is 10.2 Å². The first-order valence-corrected chi connectivity index (χ1v) is 7.23. The molecule has 2 rings (SSSR count). The zero-order chi connectivity index (χ0) is 13.7. The lowest BCUT2D eigenvalue weighted by Gasteiger charge is -2.31. The number of aryl methyl sites for hydroxylation is 1. The molecule has 0 aromatic heterocycles. The number of rotatable bonds is 4. The van der Waals surface area contributed by atoms with Crippen LogP contribution in [0.2, 0.25) is 0 Å². The molecule has 1 N–H and O–H groups in total. The number of para-hydroxylation sites is 1. The third kappa shape index (κ3) is 3.72. The van der Waals surface area contributed by atoms with Crippen molar-refractivity contribution in [3.63, 3.8) is 0 Å². The molecule has 0 atom stereocenters. The van der Waals surface area contributed by atoms with E-state index in [1.54, 1.807) is 0 Å². The maximum absolute atomic E-state index is 12.2. The highest BCUT2D eigenvalue weighted by molar-refractivity contribution is 5.81. The zero-order valence-corrected chi connectivity index (χ0v) is 12.0. The van der Waals surface area contributed by atoms with Gasteiger partial charge in [-0.25, -0.2) is 0 Å². The smallest absolute Gasteiger partial charge is 0.241 e. The van der Waals surface area contributed by atoms with Gasteiger partial charge in [0.25, 0.3) is 0 Å². The molecule has 0 bridgehead atoms. The summed E-state index contributed by atoms with van der Waals surface area (Å²) in [6.45, 7) is 2.44. The van der Waals surface area contributed by atoms with E-state index in [4.69, 9.17) is 0 Å². The van der Waals surface area contributed by atoms with Crippen molar-refractivity contribution in [2.24, 2.45) is 0 Å². The summed E-state index contributed by atoms with van der Waals surface area (Å²) in [5, 5.41) is 3.24. The molecule has 1 aliphatic rings. The average Bonchev–Trinajstić information content (AvgIpc) is 2.46. The van der Waals surface area contributed by atoms with Crippen LogP contribution in [0.1, 0.15) is 37.7 Å². The SMILES string of the molecule is Cc1ccccc1NCC(=O)N(C)C1CCCCC1. The maximum atomic E-state index is 12.2. The number of likely N-dealkylation sites (N-methyl/N-ethyl adjacent to an activating group) is 1. The molecule has 0 aliphatic heterocycles. The van der Waals surface area contributed by atoms with Gasteiger partial charge in [-0.05, 0) is 31.4 Å². The number of nitrogens with one attached hydrogen (secondary N) is 1. The van der Waals surface area contributed by atoms with Gasteiger partial charge in [-0.2, -0.15) is 0 Å². The van der Waals surface area contributed by atoms with Crippen LogP contribution in [0, 0.1) is 6.92 Å². The predicted molar refractivity (Wildman–Crippen MR) is 79.3 cm³/mol. The average molecular weight is 260 g/mol. The minimum Gasteiger partial charge on any atom is -0.376 e. The third-order valence-corrected chi connectivity index (χ3v) is 4.09. The lowest BCUT2D eigenvalue weighted by Crippen LogP contribution is -2.41. The Kier molecular flexibility index (Phi) is 4.83. The molecule has 1 amide bonds. The Bertz CT molecular complexity index is 425. The standard InChI is InChI=1S/C16H24N2O/c1-13-8-6-7-11-15(13)17-12-16(19)18(2)14-9-4-3-5-10-14/h6-8,11,14,17H,3-5,9-10,12H2,1-2H3. The summed E-state index contributed by atoms with van der Waals surface area (Å²) in [6.07, 6.45) is 6.15. The summed E-state index contributed by atoms with van der Waals surface area (Å²) >= 11 is 0. The fourth-order valence-electron chi connectivity index (χ4n) is 2.74. The molecule has 3 nitrogen and oxygen atoms in total. The molecule has 0 unspecified atom stereocenters. The highest BCUT2D eigenvalue weighted by Gasteiger charge is 2.21. The number of hydrogen-bond acceptors (Lipinski definition) is 2. The quantitative estimate of drug-likeness (QED) is 0.901. The Morgan fingerprint density at radius 3 is 2.63 bits per heavy atom. The minimum absolute atomic E-state index is 0.190. The van der Waals surface area contributed by atoms with Gasteiger partial charge in [-0.15, -0.1) is 0 Å². The highest BCUT2D eigenvalue weighted by atomic mass is 16.2. The van der Waals surface area contributed by atoms with Gasteiger partial charge in [0.05, 0.1) is 6.54 Å². The van der Waals surface area contributed by atoms with Gasteiger partial charge in [0.2, 0.25) is 5.91 Å². The monoisotopic (exact) mass is 260 g/mol. The van der Waals surface area contributed by atoms with Crippen molar-refractivity contribution in [3.8, 4) is 0 Å². The van der Waals surface area contributed by atoms with Crippen LogP contribution in [0.5, 0.6) is 0 Å². The van der Waals surface area contributed by atoms with Crippen molar-refractivity contribution in [2.45, 2.75) is 45.1 Å². The van der Waals surface area contributed by atoms with Gasteiger partial charge in [0, 0.05) is 18.8 Å². The lowest BCUT2D eigenvalue weighted by atomic mass is 9.94. The molecule has 3 heteroatoms. The normalized spacial score (nSPS) is 16.1. The van der Waals surface area contributed by atoms with Crippen molar-refractivity contribution in [1.29, 1.82) is 0 Å². The van der Waals surface area contributed by atoms with Gasteiger partial charge in [-0.1, -0.05) is 37.5 Å². The molecule has 1 aromatic rings. The van der Waals surface area contributed by atoms with Crippen LogP contribution < -0.4 is 5.32 Å². The van der Waals surface area contributed by atoms with Gasteiger partial charge >= 0.3 is 0 Å². The fraction of sp³-hybridized carbons (Fsp3) is 0.562. The number of anilines is 1. The van der Waals surface area contributed by atoms with E-state index in [1.165, 1.54) is 24.8 Å². The largest absolute Gasteiger partial charge is 0.376 e. The second-order valence-electron chi connectivity index (χ2n) is 5.46. The summed E-state index contributed by atoms with van der Waals surface area (Å²) in [5.74, 6) is 0.190. The summed E-state index contributed by atoms with van der Waals surface area (Å²) in [5.41, 5.74) is 2.23. The first-order valence-electron chi connectivity index (χ1n) is 7.23. The van der Waals surface area contributed by atoms with E-state index in [9.17, 15) is 4.79 Å². The Hall–Kier alpha value is -1.51. The number of benzene rings is 1. The van der Waals surface area contributed by atoms with Crippen LogP contribution in [-0.4, -0.2) is 30.4 Å². The topological polar surface area (TPSA) is 32.3 Å². The second kappa shape index (κ2) is 6.60. The minimum atomic E-state index is 0.190. The van der Waals surface area contributed by atoms with Crippen LogP contribution in [-0.2, 0) is 4.79 Å². The molecular weight excluding hydrogens is 236 g/mol. The van der Waals surface area contributed by atoms with E-state index >= 15 is 0 Å². The van der Waals surface area contributed by atoms with Gasteiger partial charge in [0.1, 0.15) is 0 Å². The maximum Gasteiger partial charge on any atom is 0.241 e. The molecule has 0 radical (unpaired) electrons. The van der Waals surface area contributed by atoms with E-state index in [0.717, 1.165) is 18.5 Å². The van der Waals surface area contributed by atoms with Crippen LogP contribution in [0.25, 0.3) is 0 Å². The summed E-state index contributed by atoms with van der Waals surface area (Å²) in [4.78, 5) is 14.1. The number of carbonyl (C=O) groups excluding carboxylic acids is 1. The molecular formula is C16H24N2O. The van der Waals surface area contributed by atoms with E-state index in [1.807, 2.05) is 30.1 Å². The number of amides is 1. The molecule has 19 heavy (non-hydrogen) atoms. The highest BCUT2D eigenvalue weighted by Crippen LogP contribution is 2.21. The summed E-state index contributed by atoms with van der Waals surface area (Å²) < 4.78 is 0. The second-order valence-corrected chi connectivity index (χ2v) is 5.46. The molecule has 1 aromatic carbocycles. The molecule has 0 heterocycles. The van der Waals surface area contributed by atoms with Crippen LogP contribution in [0.4, 0.5) is 5.69 Å². The lowest BCUT2D eigenvalue weighted by molar-refractivity contribution is -0.130. The Morgan fingerprint density at radius 2 is 1.95 bits per heavy atom. The van der Waals surface area contributed by atoms with E-state index in [-0.39, 0.29) is 5.91 Å². The van der Waals surface area contributed by atoms with Crippen LogP contribution in [0.3, 0.4) is 0 Å². The Labute approximate surface area is 116 Å². The first kappa shape index (κ1) is 13.9. The van der Waals surface area contributed by atoms with Crippen molar-refractivity contribution >= 4 is 11.6 Å². The summed E-state index contributed by atoms with van der Waals surface area (Å²) in [6, 6.07) is 8.52. The van der Waals surface area contributed by atoms with Gasteiger partial charge in [-0.3, -0.25) is 4.79 Å². The van der Waals surface area contributed by atoms with E-state index in [0.29, 0.717) is 12.6 Å². The van der Waals surface area contributed by atoms with Crippen LogP contribution in [0.15, 0.2) is 24.3 Å². The molecule has 0 saturated heterocycles. The van der Waals surface area contributed by atoms with E-state index in [2.05, 4.69) is 18.3 Å². The van der Waals surface area contributed by atoms with Crippen molar-refractivity contribution in [3.05, 3.63) is 29.8 Å². The summed E-state index contributed by atoms with van der Waals surface area (Å²) in [7, 11) is 1.94. The molecule has 0 spiro atoms. The van der Waals surface area contributed by atoms with Crippen molar-refractivity contribution < 1.29 is 4.79 Å². The predicted octanol–water partition coefficient (Wildman–Crippen LogP) is 3.20. The van der Waals surface area contributed by atoms with E-state index < -0.39 is 0 Å². The van der Waals surface area contributed by atoms with Gasteiger partial charge in [0.15, 0.2) is 0 Å². The number of carbonyl (C=O) groups is 1. The molecule has 1 saturated carbocycles. The Morgan fingerprint density at radius 1 is 1.26 bits per heavy atom. The Balaban J connectivity index is 1.85. The van der Waals surface area contributed by atoms with Crippen molar-refractivity contribution in [1.82, 2.24) is 4.90 Å². The fourth-order valence-corrected chi connectivity index (χ4v) is 2.74. The first-order chi connectivity index (χ1) is 9.18. The number of hydrogen-bond donors (Lipinski definition) is 1. The molecule has 104 valence electrons. The third-order valence-electron chi connectivity index (χ3n) is 4.09. The molecule has 1 fully saturated rings. The zero-order valence-electron chi connectivity index (χ0n) is 12.0. The van der Waals surface area contributed by atoms with Crippen molar-refractivity contribution in [2.75, 3.05) is 18.9 Å². The number of nitrogens with zero attached hydrogens (tertiary/aromatic N) is 1. The van der Waals surface area contributed by atoms with Crippen LogP contribution >= 0.6 is 0 Å². The molecule has 1 aliphatic carbocycles.